The molecule has 2 N–H and O–H groups in total. The molecule has 0 fully saturated rings. The molecule has 0 saturated carbocycles. The number of carbonyl (C=O) groups excluding carboxylic acids is 1. The number of benzene rings is 1. The van der Waals surface area contributed by atoms with Crippen LogP contribution in [-0.4, -0.2) is 18.5 Å². The highest BCUT2D eigenvalue weighted by Crippen LogP contribution is 2.17. The molecule has 1 atom stereocenters. The lowest BCUT2D eigenvalue weighted by atomic mass is 10.1. The molecule has 0 aromatic heterocycles. The number of nitrogens with zero attached hydrogens (tertiary/aromatic N) is 1. The number of halogens is 1. The van der Waals surface area contributed by atoms with Crippen LogP contribution in [0.3, 0.4) is 0 Å². The largest absolute Gasteiger partial charge is 0.375 e. The summed E-state index contributed by atoms with van der Waals surface area (Å²) >= 11 is 0. The molecule has 0 bridgehead atoms. The van der Waals surface area contributed by atoms with Crippen molar-refractivity contribution in [2.75, 3.05) is 11.9 Å². The second-order valence-electron chi connectivity index (χ2n) is 4.73. The molecule has 1 amide bonds. The van der Waals surface area contributed by atoms with Gasteiger partial charge in [0.2, 0.25) is 5.91 Å². The van der Waals surface area contributed by atoms with Crippen molar-refractivity contribution in [3.05, 3.63) is 29.6 Å². The zero-order valence-electron chi connectivity index (χ0n) is 11.3. The molecular formula is C14H18FN3O. The topological polar surface area (TPSA) is 64.9 Å². The highest BCUT2D eigenvalue weighted by Gasteiger charge is 2.12. The molecule has 1 rings (SSSR count). The average molecular weight is 263 g/mol. The predicted octanol–water partition coefficient (Wildman–Crippen LogP) is 2.27. The first kappa shape index (κ1) is 15.0. The van der Waals surface area contributed by atoms with Crippen LogP contribution in [0, 0.1) is 23.1 Å². The Morgan fingerprint density at radius 2 is 2.11 bits per heavy atom. The molecule has 0 aliphatic carbocycles. The Balaban J connectivity index is 2.61. The Morgan fingerprint density at radius 3 is 2.68 bits per heavy atom. The summed E-state index contributed by atoms with van der Waals surface area (Å²) in [5.41, 5.74) is 0.252. The summed E-state index contributed by atoms with van der Waals surface area (Å²) < 4.78 is 13.3. The molecule has 1 unspecified atom stereocenters. The van der Waals surface area contributed by atoms with Crippen LogP contribution in [0.15, 0.2) is 18.2 Å². The molecule has 19 heavy (non-hydrogen) atoms. The van der Waals surface area contributed by atoms with Crippen molar-refractivity contribution in [1.29, 1.82) is 5.26 Å². The van der Waals surface area contributed by atoms with Crippen LogP contribution < -0.4 is 10.6 Å². The predicted molar refractivity (Wildman–Crippen MR) is 72.0 cm³/mol. The molecule has 0 radical (unpaired) electrons. The van der Waals surface area contributed by atoms with E-state index in [0.29, 0.717) is 11.6 Å². The summed E-state index contributed by atoms with van der Waals surface area (Å²) in [4.78, 5) is 11.7. The van der Waals surface area contributed by atoms with Gasteiger partial charge in [0.1, 0.15) is 17.4 Å². The fraction of sp³-hybridized carbons (Fsp3) is 0.429. The SMILES string of the molecule is CC(C)C(C)NC(=O)CNc1cccc(F)c1C#N. The van der Waals surface area contributed by atoms with Crippen LogP contribution in [0.5, 0.6) is 0 Å². The first-order valence-electron chi connectivity index (χ1n) is 6.17. The van der Waals surface area contributed by atoms with Crippen LogP contribution in [0.4, 0.5) is 10.1 Å². The van der Waals surface area contributed by atoms with Crippen LogP contribution in [0.2, 0.25) is 0 Å². The van der Waals surface area contributed by atoms with Gasteiger partial charge in [-0.05, 0) is 25.0 Å². The van der Waals surface area contributed by atoms with E-state index in [1.165, 1.54) is 12.1 Å². The number of anilines is 1. The number of amides is 1. The standard InChI is InChI=1S/C14H18FN3O/c1-9(2)10(3)18-14(19)8-17-13-6-4-5-12(15)11(13)7-16/h4-6,9-10,17H,8H2,1-3H3,(H,18,19). The van der Waals surface area contributed by atoms with Gasteiger partial charge in [0, 0.05) is 6.04 Å². The van der Waals surface area contributed by atoms with Gasteiger partial charge in [0.05, 0.1) is 12.2 Å². The minimum atomic E-state index is -0.594. The Morgan fingerprint density at radius 1 is 1.42 bits per heavy atom. The van der Waals surface area contributed by atoms with Crippen molar-refractivity contribution >= 4 is 11.6 Å². The summed E-state index contributed by atoms with van der Waals surface area (Å²) in [6.07, 6.45) is 0. The molecule has 0 aliphatic rings. The first-order chi connectivity index (χ1) is 8.95. The highest BCUT2D eigenvalue weighted by molar-refractivity contribution is 5.81. The zero-order chi connectivity index (χ0) is 14.4. The van der Waals surface area contributed by atoms with Gasteiger partial charge in [-0.15, -0.1) is 0 Å². The van der Waals surface area contributed by atoms with E-state index in [1.807, 2.05) is 20.8 Å². The van der Waals surface area contributed by atoms with Gasteiger partial charge >= 0.3 is 0 Å². The van der Waals surface area contributed by atoms with E-state index in [1.54, 1.807) is 12.1 Å². The van der Waals surface area contributed by atoms with Gasteiger partial charge < -0.3 is 10.6 Å². The molecule has 0 heterocycles. The molecule has 0 spiro atoms. The van der Waals surface area contributed by atoms with E-state index in [0.717, 1.165) is 0 Å². The Bertz CT molecular complexity index is 494. The molecule has 0 saturated heterocycles. The second kappa shape index (κ2) is 6.74. The Kier molecular flexibility index (Phi) is 5.31. The molecule has 4 nitrogen and oxygen atoms in total. The lowest BCUT2D eigenvalue weighted by molar-refractivity contribution is -0.120. The number of nitriles is 1. The number of hydrogen-bond donors (Lipinski definition) is 2. The van der Waals surface area contributed by atoms with Gasteiger partial charge in [0.25, 0.3) is 0 Å². The minimum absolute atomic E-state index is 0.00912. The monoisotopic (exact) mass is 263 g/mol. The van der Waals surface area contributed by atoms with E-state index in [2.05, 4.69) is 10.6 Å². The van der Waals surface area contributed by atoms with E-state index in [4.69, 9.17) is 5.26 Å². The number of nitrogens with one attached hydrogen (secondary N) is 2. The summed E-state index contributed by atoms with van der Waals surface area (Å²) in [7, 11) is 0. The summed E-state index contributed by atoms with van der Waals surface area (Å²) in [6, 6.07) is 6.12. The summed E-state index contributed by atoms with van der Waals surface area (Å²) in [5, 5.41) is 14.5. The molecular weight excluding hydrogens is 245 g/mol. The second-order valence-corrected chi connectivity index (χ2v) is 4.73. The fourth-order valence-corrected chi connectivity index (χ4v) is 1.43. The van der Waals surface area contributed by atoms with Crippen molar-refractivity contribution in [2.45, 2.75) is 26.8 Å². The van der Waals surface area contributed by atoms with Crippen molar-refractivity contribution in [3.8, 4) is 6.07 Å². The Labute approximate surface area is 112 Å². The summed E-state index contributed by atoms with van der Waals surface area (Å²) in [5.74, 6) is -0.439. The van der Waals surface area contributed by atoms with Crippen molar-refractivity contribution in [3.63, 3.8) is 0 Å². The van der Waals surface area contributed by atoms with Gasteiger partial charge in [-0.3, -0.25) is 4.79 Å². The maximum atomic E-state index is 13.3. The smallest absolute Gasteiger partial charge is 0.239 e. The minimum Gasteiger partial charge on any atom is -0.375 e. The van der Waals surface area contributed by atoms with E-state index < -0.39 is 5.82 Å². The number of hydrogen-bond acceptors (Lipinski definition) is 3. The van der Waals surface area contributed by atoms with Crippen LogP contribution in [0.1, 0.15) is 26.3 Å². The third-order valence-electron chi connectivity index (χ3n) is 2.95. The quantitative estimate of drug-likeness (QED) is 0.856. The number of rotatable bonds is 5. The van der Waals surface area contributed by atoms with E-state index in [-0.39, 0.29) is 24.1 Å². The number of carbonyl (C=O) groups is 1. The van der Waals surface area contributed by atoms with Crippen LogP contribution in [-0.2, 0) is 4.79 Å². The van der Waals surface area contributed by atoms with E-state index in [9.17, 15) is 9.18 Å². The van der Waals surface area contributed by atoms with Gasteiger partial charge in [0.15, 0.2) is 0 Å². The van der Waals surface area contributed by atoms with Crippen molar-refractivity contribution in [1.82, 2.24) is 5.32 Å². The third kappa shape index (κ3) is 4.25. The summed E-state index contributed by atoms with van der Waals surface area (Å²) in [6.45, 7) is 5.96. The van der Waals surface area contributed by atoms with Crippen molar-refractivity contribution in [2.24, 2.45) is 5.92 Å². The molecule has 1 aromatic rings. The normalized spacial score (nSPS) is 11.8. The average Bonchev–Trinajstić information content (AvgIpc) is 2.36. The molecule has 5 heteroatoms. The molecule has 0 aliphatic heterocycles. The van der Waals surface area contributed by atoms with Gasteiger partial charge in [-0.2, -0.15) is 5.26 Å². The van der Waals surface area contributed by atoms with E-state index >= 15 is 0 Å². The maximum absolute atomic E-state index is 13.3. The lowest BCUT2D eigenvalue weighted by Crippen LogP contribution is -2.39. The maximum Gasteiger partial charge on any atom is 0.239 e. The lowest BCUT2D eigenvalue weighted by Gasteiger charge is -2.18. The molecule has 1 aromatic carbocycles. The zero-order valence-corrected chi connectivity index (χ0v) is 11.3. The fourth-order valence-electron chi connectivity index (χ4n) is 1.43. The third-order valence-corrected chi connectivity index (χ3v) is 2.95. The Hall–Kier alpha value is -2.09. The van der Waals surface area contributed by atoms with Gasteiger partial charge in [-0.1, -0.05) is 19.9 Å². The highest BCUT2D eigenvalue weighted by atomic mass is 19.1. The molecule has 102 valence electrons. The van der Waals surface area contributed by atoms with Gasteiger partial charge in [-0.25, -0.2) is 4.39 Å². The first-order valence-corrected chi connectivity index (χ1v) is 6.17. The van der Waals surface area contributed by atoms with Crippen molar-refractivity contribution < 1.29 is 9.18 Å². The van der Waals surface area contributed by atoms with Crippen LogP contribution in [0.25, 0.3) is 0 Å². The van der Waals surface area contributed by atoms with Crippen LogP contribution >= 0.6 is 0 Å².